The van der Waals surface area contributed by atoms with Crippen molar-refractivity contribution < 1.29 is 4.79 Å². The second-order valence-corrected chi connectivity index (χ2v) is 6.03. The second kappa shape index (κ2) is 7.48. The van der Waals surface area contributed by atoms with Gasteiger partial charge in [-0.3, -0.25) is 0 Å². The zero-order chi connectivity index (χ0) is 15.2. The predicted molar refractivity (Wildman–Crippen MR) is 91.1 cm³/mol. The zero-order valence-electron chi connectivity index (χ0n) is 11.6. The lowest BCUT2D eigenvalue weighted by molar-refractivity contribution is 0.252. The van der Waals surface area contributed by atoms with Crippen molar-refractivity contribution in [3.8, 4) is 0 Å². The number of rotatable bonds is 4. The van der Waals surface area contributed by atoms with Crippen molar-refractivity contribution in [2.75, 3.05) is 11.9 Å². The summed E-state index contributed by atoms with van der Waals surface area (Å²) in [6.45, 7) is 2.57. The summed E-state index contributed by atoms with van der Waals surface area (Å²) in [5.74, 6) is 0. The summed E-state index contributed by atoms with van der Waals surface area (Å²) >= 11 is 9.26. The molecule has 3 nitrogen and oxygen atoms in total. The van der Waals surface area contributed by atoms with Crippen molar-refractivity contribution in [2.45, 2.75) is 13.3 Å². The Labute approximate surface area is 137 Å². The van der Waals surface area contributed by atoms with Gasteiger partial charge in [0.15, 0.2) is 0 Å². The highest BCUT2D eigenvalue weighted by Crippen LogP contribution is 2.23. The van der Waals surface area contributed by atoms with Gasteiger partial charge in [-0.25, -0.2) is 4.79 Å². The van der Waals surface area contributed by atoms with Crippen molar-refractivity contribution in [1.82, 2.24) is 5.32 Å². The van der Waals surface area contributed by atoms with Crippen LogP contribution < -0.4 is 10.6 Å². The van der Waals surface area contributed by atoms with Gasteiger partial charge in [-0.2, -0.15) is 0 Å². The van der Waals surface area contributed by atoms with Crippen molar-refractivity contribution in [2.24, 2.45) is 0 Å². The number of halogens is 2. The van der Waals surface area contributed by atoms with Gasteiger partial charge >= 0.3 is 6.03 Å². The van der Waals surface area contributed by atoms with E-state index in [0.717, 1.165) is 27.7 Å². The molecule has 0 saturated heterocycles. The molecule has 21 heavy (non-hydrogen) atoms. The summed E-state index contributed by atoms with van der Waals surface area (Å²) in [7, 11) is 0. The molecule has 0 aliphatic rings. The first-order valence-corrected chi connectivity index (χ1v) is 7.77. The molecule has 2 aromatic rings. The van der Waals surface area contributed by atoms with Crippen LogP contribution in [0.15, 0.2) is 46.9 Å². The van der Waals surface area contributed by atoms with E-state index in [9.17, 15) is 4.79 Å². The van der Waals surface area contributed by atoms with E-state index in [1.807, 2.05) is 49.4 Å². The summed E-state index contributed by atoms with van der Waals surface area (Å²) in [5, 5.41) is 6.36. The summed E-state index contributed by atoms with van der Waals surface area (Å²) in [4.78, 5) is 11.8. The van der Waals surface area contributed by atoms with E-state index in [1.165, 1.54) is 0 Å². The quantitative estimate of drug-likeness (QED) is 0.802. The number of benzene rings is 2. The van der Waals surface area contributed by atoms with Crippen LogP contribution in [0.1, 0.15) is 11.1 Å². The molecule has 0 bridgehead atoms. The largest absolute Gasteiger partial charge is 0.338 e. The number of aryl methyl sites for hydroxylation is 1. The molecule has 2 aromatic carbocycles. The lowest BCUT2D eigenvalue weighted by Gasteiger charge is -2.09. The molecule has 5 heteroatoms. The number of nitrogens with one attached hydrogen (secondary N) is 2. The fourth-order valence-corrected chi connectivity index (χ4v) is 2.58. The predicted octanol–water partition coefficient (Wildman–Crippen LogP) is 4.78. The van der Waals surface area contributed by atoms with Gasteiger partial charge in [0.1, 0.15) is 0 Å². The van der Waals surface area contributed by atoms with Crippen molar-refractivity contribution in [3.63, 3.8) is 0 Å². The number of hydrogen-bond donors (Lipinski definition) is 2. The third kappa shape index (κ3) is 5.06. The molecule has 0 spiro atoms. The van der Waals surface area contributed by atoms with E-state index < -0.39 is 0 Å². The molecule has 0 aliphatic heterocycles. The average Bonchev–Trinajstić information content (AvgIpc) is 2.44. The van der Waals surface area contributed by atoms with Crippen LogP contribution in [-0.4, -0.2) is 12.6 Å². The van der Waals surface area contributed by atoms with E-state index in [0.29, 0.717) is 11.6 Å². The molecule has 2 rings (SSSR count). The Bertz CT molecular complexity index is 629. The maximum Gasteiger partial charge on any atom is 0.319 e. The van der Waals surface area contributed by atoms with Crippen LogP contribution in [0, 0.1) is 6.92 Å². The molecule has 0 saturated carbocycles. The maximum absolute atomic E-state index is 11.8. The number of amides is 2. The molecule has 0 radical (unpaired) electrons. The van der Waals surface area contributed by atoms with E-state index in [4.69, 9.17) is 11.6 Å². The Hall–Kier alpha value is -1.52. The molecule has 2 N–H and O–H groups in total. The molecule has 0 unspecified atom stereocenters. The minimum atomic E-state index is -0.214. The van der Waals surface area contributed by atoms with Gasteiger partial charge in [-0.05, 0) is 64.7 Å². The minimum Gasteiger partial charge on any atom is -0.338 e. The van der Waals surface area contributed by atoms with Crippen molar-refractivity contribution >= 4 is 39.2 Å². The van der Waals surface area contributed by atoms with Crippen LogP contribution in [0.2, 0.25) is 5.02 Å². The van der Waals surface area contributed by atoms with Gasteiger partial charge in [0, 0.05) is 16.0 Å². The average molecular weight is 368 g/mol. The normalized spacial score (nSPS) is 10.2. The third-order valence-electron chi connectivity index (χ3n) is 2.99. The lowest BCUT2D eigenvalue weighted by Crippen LogP contribution is -2.30. The Morgan fingerprint density at radius 2 is 1.90 bits per heavy atom. The number of carbonyl (C=O) groups excluding carboxylic acids is 1. The third-order valence-corrected chi connectivity index (χ3v) is 3.89. The highest BCUT2D eigenvalue weighted by Gasteiger charge is 2.05. The molecule has 0 atom stereocenters. The molecule has 0 aromatic heterocycles. The minimum absolute atomic E-state index is 0.214. The van der Waals surface area contributed by atoms with Crippen LogP contribution in [0.25, 0.3) is 0 Å². The monoisotopic (exact) mass is 366 g/mol. The first kappa shape index (κ1) is 15.9. The first-order valence-electron chi connectivity index (χ1n) is 6.60. The molecule has 2 amide bonds. The molecule has 0 aliphatic carbocycles. The van der Waals surface area contributed by atoms with Gasteiger partial charge in [0.25, 0.3) is 0 Å². The zero-order valence-corrected chi connectivity index (χ0v) is 14.0. The van der Waals surface area contributed by atoms with Crippen molar-refractivity contribution in [1.29, 1.82) is 0 Å². The summed E-state index contributed by atoms with van der Waals surface area (Å²) in [6, 6.07) is 13.2. The lowest BCUT2D eigenvalue weighted by atomic mass is 10.1. The van der Waals surface area contributed by atoms with E-state index in [-0.39, 0.29) is 6.03 Å². The van der Waals surface area contributed by atoms with E-state index >= 15 is 0 Å². The van der Waals surface area contributed by atoms with Crippen LogP contribution >= 0.6 is 27.5 Å². The van der Waals surface area contributed by atoms with Gasteiger partial charge < -0.3 is 10.6 Å². The van der Waals surface area contributed by atoms with E-state index in [1.54, 1.807) is 0 Å². The van der Waals surface area contributed by atoms with Crippen molar-refractivity contribution in [3.05, 3.63) is 63.1 Å². The molecule has 0 heterocycles. The van der Waals surface area contributed by atoms with Crippen LogP contribution in [-0.2, 0) is 6.42 Å². The van der Waals surface area contributed by atoms with Gasteiger partial charge in [-0.15, -0.1) is 0 Å². The SMILES string of the molecule is Cc1ccc(NC(=O)NCCc2ccc(Cl)cc2)c(Br)c1. The second-order valence-electron chi connectivity index (χ2n) is 4.74. The topological polar surface area (TPSA) is 41.1 Å². The molecular formula is C16H16BrClN2O. The summed E-state index contributed by atoms with van der Waals surface area (Å²) in [5.41, 5.74) is 3.02. The summed E-state index contributed by atoms with van der Waals surface area (Å²) in [6.07, 6.45) is 0.764. The van der Waals surface area contributed by atoms with Crippen LogP contribution in [0.4, 0.5) is 10.5 Å². The van der Waals surface area contributed by atoms with E-state index in [2.05, 4.69) is 26.6 Å². The molecule has 0 fully saturated rings. The van der Waals surface area contributed by atoms with Gasteiger partial charge in [0.2, 0.25) is 0 Å². The highest BCUT2D eigenvalue weighted by atomic mass is 79.9. The molecule has 110 valence electrons. The van der Waals surface area contributed by atoms with Gasteiger partial charge in [0.05, 0.1) is 5.69 Å². The summed E-state index contributed by atoms with van der Waals surface area (Å²) < 4.78 is 0.871. The Morgan fingerprint density at radius 1 is 1.19 bits per heavy atom. The highest BCUT2D eigenvalue weighted by molar-refractivity contribution is 9.10. The number of hydrogen-bond acceptors (Lipinski definition) is 1. The van der Waals surface area contributed by atoms with Crippen LogP contribution in [0.3, 0.4) is 0 Å². The fraction of sp³-hybridized carbons (Fsp3) is 0.188. The standard InChI is InChI=1S/C16H16BrClN2O/c1-11-2-7-15(14(17)10-11)20-16(21)19-9-8-12-3-5-13(18)6-4-12/h2-7,10H,8-9H2,1H3,(H2,19,20,21). The van der Waals surface area contributed by atoms with Crippen LogP contribution in [0.5, 0.6) is 0 Å². The fourth-order valence-electron chi connectivity index (χ4n) is 1.86. The number of carbonyl (C=O) groups is 1. The van der Waals surface area contributed by atoms with Gasteiger partial charge in [-0.1, -0.05) is 29.8 Å². The molecular weight excluding hydrogens is 352 g/mol. The smallest absolute Gasteiger partial charge is 0.319 e. The Morgan fingerprint density at radius 3 is 2.57 bits per heavy atom. The number of anilines is 1. The Balaban J connectivity index is 1.81. The first-order chi connectivity index (χ1) is 10.0. The number of urea groups is 1. The Kier molecular flexibility index (Phi) is 5.65. The maximum atomic E-state index is 11.8.